The number of anilines is 1. The van der Waals surface area contributed by atoms with E-state index in [1.54, 1.807) is 42.5 Å². The van der Waals surface area contributed by atoms with Gasteiger partial charge >= 0.3 is 5.97 Å². The van der Waals surface area contributed by atoms with E-state index in [0.717, 1.165) is 4.47 Å². The molecule has 7 heteroatoms. The molecule has 1 amide bonds. The Morgan fingerprint density at radius 2 is 1.75 bits per heavy atom. The zero-order valence-electron chi connectivity index (χ0n) is 12.5. The van der Waals surface area contributed by atoms with Gasteiger partial charge in [0, 0.05) is 4.47 Å². The van der Waals surface area contributed by atoms with E-state index in [0.29, 0.717) is 17.5 Å². The number of aldehydes is 1. The Morgan fingerprint density at radius 1 is 1.04 bits per heavy atom. The summed E-state index contributed by atoms with van der Waals surface area (Å²) >= 11 is 3.30. The second-order valence-electron chi connectivity index (χ2n) is 4.63. The zero-order chi connectivity index (χ0) is 17.4. The highest BCUT2D eigenvalue weighted by molar-refractivity contribution is 9.10. The van der Waals surface area contributed by atoms with Crippen LogP contribution in [-0.2, 0) is 14.3 Å². The number of esters is 1. The normalized spacial score (nSPS) is 9.88. The lowest BCUT2D eigenvalue weighted by atomic mass is 10.2. The summed E-state index contributed by atoms with van der Waals surface area (Å²) in [5, 5.41) is 2.61. The van der Waals surface area contributed by atoms with Gasteiger partial charge in [0.25, 0.3) is 5.91 Å². The van der Waals surface area contributed by atoms with Gasteiger partial charge in [-0.25, -0.2) is 4.79 Å². The van der Waals surface area contributed by atoms with Crippen LogP contribution >= 0.6 is 15.9 Å². The van der Waals surface area contributed by atoms with Gasteiger partial charge in [0.2, 0.25) is 0 Å². The second kappa shape index (κ2) is 8.83. The number of nitrogens with one attached hydrogen (secondary N) is 1. The average Bonchev–Trinajstić information content (AvgIpc) is 2.60. The third-order valence-electron chi connectivity index (χ3n) is 2.90. The maximum Gasteiger partial charge on any atom is 0.344 e. The van der Waals surface area contributed by atoms with Gasteiger partial charge in [-0.2, -0.15) is 0 Å². The van der Waals surface area contributed by atoms with Crippen LogP contribution in [0, 0.1) is 0 Å². The van der Waals surface area contributed by atoms with E-state index in [-0.39, 0.29) is 5.75 Å². The van der Waals surface area contributed by atoms with E-state index in [4.69, 9.17) is 9.47 Å². The van der Waals surface area contributed by atoms with Crippen molar-refractivity contribution < 1.29 is 23.9 Å². The van der Waals surface area contributed by atoms with Gasteiger partial charge < -0.3 is 14.8 Å². The molecular weight excluding hydrogens is 378 g/mol. The van der Waals surface area contributed by atoms with E-state index in [2.05, 4.69) is 21.2 Å². The molecule has 6 nitrogen and oxygen atoms in total. The monoisotopic (exact) mass is 391 g/mol. The van der Waals surface area contributed by atoms with E-state index >= 15 is 0 Å². The predicted octanol–water partition coefficient (Wildman–Crippen LogP) is 2.82. The van der Waals surface area contributed by atoms with Crippen molar-refractivity contribution in [2.24, 2.45) is 0 Å². The Bertz CT molecular complexity index is 747. The van der Waals surface area contributed by atoms with E-state index in [1.807, 2.05) is 6.07 Å². The lowest BCUT2D eigenvalue weighted by molar-refractivity contribution is -0.149. The molecule has 0 fully saturated rings. The van der Waals surface area contributed by atoms with Crippen LogP contribution in [0.15, 0.2) is 53.0 Å². The van der Waals surface area contributed by atoms with Crippen molar-refractivity contribution >= 4 is 39.8 Å². The summed E-state index contributed by atoms with van der Waals surface area (Å²) in [7, 11) is 0. The fourth-order valence-corrected chi connectivity index (χ4v) is 2.17. The largest absolute Gasteiger partial charge is 0.481 e. The van der Waals surface area contributed by atoms with Crippen LogP contribution in [0.25, 0.3) is 0 Å². The molecule has 0 aliphatic carbocycles. The summed E-state index contributed by atoms with van der Waals surface area (Å²) in [5.74, 6) is -0.899. The highest BCUT2D eigenvalue weighted by Crippen LogP contribution is 2.21. The van der Waals surface area contributed by atoms with Gasteiger partial charge in [-0.1, -0.05) is 24.3 Å². The number of rotatable bonds is 7. The first-order valence-corrected chi connectivity index (χ1v) is 7.76. The van der Waals surface area contributed by atoms with Crippen molar-refractivity contribution in [1.82, 2.24) is 0 Å². The van der Waals surface area contributed by atoms with Gasteiger partial charge in [0.1, 0.15) is 5.75 Å². The van der Waals surface area contributed by atoms with Gasteiger partial charge in [0.05, 0.1) is 11.3 Å². The molecule has 0 bridgehead atoms. The third kappa shape index (κ3) is 5.20. The molecule has 0 spiro atoms. The molecule has 0 aliphatic rings. The molecule has 124 valence electrons. The smallest absolute Gasteiger partial charge is 0.344 e. The molecule has 0 aliphatic heterocycles. The summed E-state index contributed by atoms with van der Waals surface area (Å²) in [5.41, 5.74) is 0.909. The topological polar surface area (TPSA) is 81.7 Å². The number of ether oxygens (including phenoxy) is 2. The molecule has 0 saturated carbocycles. The van der Waals surface area contributed by atoms with Crippen molar-refractivity contribution in [3.8, 4) is 5.75 Å². The molecule has 1 N–H and O–H groups in total. The van der Waals surface area contributed by atoms with Crippen LogP contribution in [0.2, 0.25) is 0 Å². The van der Waals surface area contributed by atoms with Crippen LogP contribution in [0.4, 0.5) is 5.69 Å². The van der Waals surface area contributed by atoms with E-state index in [9.17, 15) is 14.4 Å². The highest BCUT2D eigenvalue weighted by Gasteiger charge is 2.11. The molecule has 0 radical (unpaired) electrons. The molecule has 2 aromatic carbocycles. The molecule has 0 aromatic heterocycles. The number of halogens is 1. The summed E-state index contributed by atoms with van der Waals surface area (Å²) in [6, 6.07) is 13.6. The minimum atomic E-state index is -0.710. The Morgan fingerprint density at radius 3 is 2.50 bits per heavy atom. The maximum absolute atomic E-state index is 11.7. The number of carbonyl (C=O) groups excluding carboxylic acids is 3. The maximum atomic E-state index is 11.7. The fourth-order valence-electron chi connectivity index (χ4n) is 1.78. The summed E-state index contributed by atoms with van der Waals surface area (Å²) in [6.45, 7) is -0.827. The van der Waals surface area contributed by atoms with Gasteiger partial charge in [-0.05, 0) is 40.2 Å². The van der Waals surface area contributed by atoms with Gasteiger partial charge in [-0.3, -0.25) is 9.59 Å². The van der Waals surface area contributed by atoms with Crippen molar-refractivity contribution in [1.29, 1.82) is 0 Å². The predicted molar refractivity (Wildman–Crippen MR) is 91.1 cm³/mol. The van der Waals surface area contributed by atoms with Crippen molar-refractivity contribution in [3.05, 3.63) is 58.6 Å². The van der Waals surface area contributed by atoms with E-state index in [1.165, 1.54) is 0 Å². The van der Waals surface area contributed by atoms with Crippen LogP contribution in [0.3, 0.4) is 0 Å². The number of amides is 1. The number of para-hydroxylation sites is 2. The molecule has 0 saturated heterocycles. The first kappa shape index (κ1) is 17.7. The standard InChI is InChI=1S/C17H14BrNO5/c18-13-6-2-3-7-14(13)19-16(21)10-24-17(22)11-23-15-8-4-1-5-12(15)9-20/h1-9H,10-11H2,(H,19,21). The lowest BCUT2D eigenvalue weighted by Crippen LogP contribution is -2.23. The summed E-state index contributed by atoms with van der Waals surface area (Å²) in [4.78, 5) is 34.2. The lowest BCUT2D eigenvalue weighted by Gasteiger charge is -2.09. The van der Waals surface area contributed by atoms with E-state index < -0.39 is 25.1 Å². The molecule has 0 heterocycles. The Labute approximate surface area is 146 Å². The number of hydrogen-bond donors (Lipinski definition) is 1. The number of carbonyl (C=O) groups is 3. The van der Waals surface area contributed by atoms with Crippen molar-refractivity contribution in [2.75, 3.05) is 18.5 Å². The average molecular weight is 392 g/mol. The molecular formula is C17H14BrNO5. The second-order valence-corrected chi connectivity index (χ2v) is 5.49. The molecule has 0 unspecified atom stereocenters. The Balaban J connectivity index is 1.78. The molecule has 24 heavy (non-hydrogen) atoms. The van der Waals surface area contributed by atoms with Crippen LogP contribution in [0.5, 0.6) is 5.75 Å². The SMILES string of the molecule is O=Cc1ccccc1OCC(=O)OCC(=O)Nc1ccccc1Br. The first-order chi connectivity index (χ1) is 11.6. The minimum Gasteiger partial charge on any atom is -0.481 e. The fraction of sp³-hybridized carbons (Fsp3) is 0.118. The van der Waals surface area contributed by atoms with Crippen LogP contribution < -0.4 is 10.1 Å². The quantitative estimate of drug-likeness (QED) is 0.579. The zero-order valence-corrected chi connectivity index (χ0v) is 14.1. The van der Waals surface area contributed by atoms with Gasteiger partial charge in [0.15, 0.2) is 19.5 Å². The number of benzene rings is 2. The van der Waals surface area contributed by atoms with Crippen molar-refractivity contribution in [2.45, 2.75) is 0 Å². The Kier molecular flexibility index (Phi) is 6.51. The summed E-state index contributed by atoms with van der Waals surface area (Å²) < 4.78 is 10.8. The van der Waals surface area contributed by atoms with Crippen LogP contribution in [-0.4, -0.2) is 31.4 Å². The van der Waals surface area contributed by atoms with Gasteiger partial charge in [-0.15, -0.1) is 0 Å². The number of hydrogen-bond acceptors (Lipinski definition) is 5. The van der Waals surface area contributed by atoms with Crippen LogP contribution in [0.1, 0.15) is 10.4 Å². The third-order valence-corrected chi connectivity index (χ3v) is 3.60. The molecule has 0 atom stereocenters. The first-order valence-electron chi connectivity index (χ1n) is 6.97. The Hall–Kier alpha value is -2.67. The highest BCUT2D eigenvalue weighted by atomic mass is 79.9. The van der Waals surface area contributed by atoms with Crippen molar-refractivity contribution in [3.63, 3.8) is 0 Å². The summed E-state index contributed by atoms with van der Waals surface area (Å²) in [6.07, 6.45) is 0.631. The minimum absolute atomic E-state index is 0.280. The molecule has 2 aromatic rings. The molecule has 2 rings (SSSR count).